The van der Waals surface area contributed by atoms with Crippen LogP contribution in [-0.2, 0) is 0 Å². The fraction of sp³-hybridized carbons (Fsp3) is 0.900. The summed E-state index contributed by atoms with van der Waals surface area (Å²) in [6.45, 7) is 3.35. The summed E-state index contributed by atoms with van der Waals surface area (Å²) in [4.78, 5) is 2.43. The van der Waals surface area contributed by atoms with E-state index in [1.165, 1.54) is 32.4 Å². The van der Waals surface area contributed by atoms with Gasteiger partial charge in [-0.3, -0.25) is 0 Å². The monoisotopic (exact) mass is 198 g/mol. The predicted octanol–water partition coefficient (Wildman–Crippen LogP) is 2.12. The Bertz CT molecular complexity index is 176. The number of hydrogen-bond acceptors (Lipinski definition) is 3. The molecule has 1 rings (SSSR count). The van der Waals surface area contributed by atoms with E-state index in [4.69, 9.17) is 5.26 Å². The molecule has 1 aliphatic rings. The second kappa shape index (κ2) is 6.28. The van der Waals surface area contributed by atoms with Crippen molar-refractivity contribution in [3.63, 3.8) is 0 Å². The van der Waals surface area contributed by atoms with Gasteiger partial charge in [-0.1, -0.05) is 0 Å². The van der Waals surface area contributed by atoms with Gasteiger partial charge in [0.05, 0.1) is 6.07 Å². The average Bonchev–Trinajstić information content (AvgIpc) is 2.39. The zero-order valence-corrected chi connectivity index (χ0v) is 9.15. The Hall–Kier alpha value is -0.200. The maximum absolute atomic E-state index is 8.48. The molecule has 1 aliphatic heterocycles. The maximum Gasteiger partial charge on any atom is 0.0635 e. The molecule has 74 valence electrons. The molecule has 0 aromatic rings. The summed E-state index contributed by atoms with van der Waals surface area (Å²) in [5, 5.41) is 9.34. The molecule has 1 atom stereocenters. The fourth-order valence-corrected chi connectivity index (χ4v) is 2.54. The first-order valence-corrected chi connectivity index (χ1v) is 6.27. The van der Waals surface area contributed by atoms with Crippen molar-refractivity contribution >= 4 is 11.8 Å². The van der Waals surface area contributed by atoms with Crippen molar-refractivity contribution in [3.8, 4) is 6.07 Å². The van der Waals surface area contributed by atoms with Gasteiger partial charge in [-0.15, -0.1) is 0 Å². The third kappa shape index (κ3) is 4.02. The van der Waals surface area contributed by atoms with Crippen LogP contribution < -0.4 is 0 Å². The molecule has 0 amide bonds. The van der Waals surface area contributed by atoms with Crippen LogP contribution in [0.3, 0.4) is 0 Å². The number of nitrogens with zero attached hydrogens (tertiary/aromatic N) is 2. The van der Waals surface area contributed by atoms with Crippen LogP contribution in [0.2, 0.25) is 0 Å². The molecule has 1 heterocycles. The molecule has 1 saturated heterocycles. The molecule has 0 N–H and O–H groups in total. The van der Waals surface area contributed by atoms with Crippen LogP contribution in [0, 0.1) is 11.3 Å². The maximum atomic E-state index is 8.48. The SMILES string of the molecule is CSC1CCCN(CCC#N)CC1. The summed E-state index contributed by atoms with van der Waals surface area (Å²) in [6.07, 6.45) is 6.84. The zero-order valence-electron chi connectivity index (χ0n) is 8.33. The molecule has 0 aromatic carbocycles. The quantitative estimate of drug-likeness (QED) is 0.695. The highest BCUT2D eigenvalue weighted by Gasteiger charge is 2.15. The minimum absolute atomic E-state index is 0.684. The highest BCUT2D eigenvalue weighted by molar-refractivity contribution is 7.99. The predicted molar refractivity (Wildman–Crippen MR) is 57.8 cm³/mol. The van der Waals surface area contributed by atoms with Crippen LogP contribution >= 0.6 is 11.8 Å². The molecular formula is C10H18N2S. The molecule has 0 aromatic heterocycles. The second-order valence-corrected chi connectivity index (χ2v) is 4.68. The number of rotatable bonds is 3. The van der Waals surface area contributed by atoms with Gasteiger partial charge in [-0.05, 0) is 38.6 Å². The van der Waals surface area contributed by atoms with Gasteiger partial charge in [0.25, 0.3) is 0 Å². The first-order chi connectivity index (χ1) is 6.36. The first-order valence-electron chi connectivity index (χ1n) is 4.99. The number of hydrogen-bond donors (Lipinski definition) is 0. The van der Waals surface area contributed by atoms with Gasteiger partial charge in [-0.2, -0.15) is 17.0 Å². The molecule has 0 spiro atoms. The highest BCUT2D eigenvalue weighted by Crippen LogP contribution is 2.20. The van der Waals surface area contributed by atoms with Gasteiger partial charge < -0.3 is 4.90 Å². The van der Waals surface area contributed by atoms with Crippen molar-refractivity contribution < 1.29 is 0 Å². The molecule has 0 saturated carbocycles. The van der Waals surface area contributed by atoms with Crippen molar-refractivity contribution in [2.75, 3.05) is 25.9 Å². The normalized spacial score (nSPS) is 25.1. The van der Waals surface area contributed by atoms with Crippen LogP contribution in [0.15, 0.2) is 0 Å². The van der Waals surface area contributed by atoms with E-state index in [1.54, 1.807) is 0 Å². The van der Waals surface area contributed by atoms with Crippen LogP contribution in [0.5, 0.6) is 0 Å². The van der Waals surface area contributed by atoms with Gasteiger partial charge in [0.2, 0.25) is 0 Å². The summed E-state index contributed by atoms with van der Waals surface area (Å²) in [7, 11) is 0. The van der Waals surface area contributed by atoms with Gasteiger partial charge >= 0.3 is 0 Å². The Balaban J connectivity index is 2.24. The molecule has 0 aliphatic carbocycles. The lowest BCUT2D eigenvalue weighted by molar-refractivity contribution is 0.292. The Morgan fingerprint density at radius 3 is 3.00 bits per heavy atom. The Morgan fingerprint density at radius 1 is 1.46 bits per heavy atom. The summed E-state index contributed by atoms with van der Waals surface area (Å²) >= 11 is 1.99. The van der Waals surface area contributed by atoms with Crippen molar-refractivity contribution in [1.82, 2.24) is 4.90 Å². The first kappa shape index (κ1) is 10.9. The van der Waals surface area contributed by atoms with Gasteiger partial charge in [0.1, 0.15) is 0 Å². The van der Waals surface area contributed by atoms with Crippen molar-refractivity contribution in [3.05, 3.63) is 0 Å². The third-order valence-electron chi connectivity index (χ3n) is 2.64. The Kier molecular flexibility index (Phi) is 5.26. The van der Waals surface area contributed by atoms with E-state index in [9.17, 15) is 0 Å². The standard InChI is InChI=1S/C10H18N2S/c1-13-10-4-2-7-12(9-5-10)8-3-6-11/h10H,2-5,7-9H2,1H3. The smallest absolute Gasteiger partial charge is 0.0635 e. The molecule has 0 bridgehead atoms. The van der Waals surface area contributed by atoms with E-state index in [2.05, 4.69) is 17.2 Å². The summed E-state index contributed by atoms with van der Waals surface area (Å²) in [5.74, 6) is 0. The van der Waals surface area contributed by atoms with Crippen LogP contribution in [-0.4, -0.2) is 36.0 Å². The van der Waals surface area contributed by atoms with Crippen LogP contribution in [0.4, 0.5) is 0 Å². The van der Waals surface area contributed by atoms with E-state index >= 15 is 0 Å². The number of likely N-dealkylation sites (tertiary alicyclic amines) is 1. The molecule has 2 nitrogen and oxygen atoms in total. The molecule has 13 heavy (non-hydrogen) atoms. The van der Waals surface area contributed by atoms with Crippen molar-refractivity contribution in [1.29, 1.82) is 5.26 Å². The van der Waals surface area contributed by atoms with Gasteiger partial charge in [0, 0.05) is 18.2 Å². The van der Waals surface area contributed by atoms with Crippen molar-refractivity contribution in [2.24, 2.45) is 0 Å². The lowest BCUT2D eigenvalue weighted by Crippen LogP contribution is -2.25. The largest absolute Gasteiger partial charge is 0.302 e. The Labute approximate surface area is 85.3 Å². The van der Waals surface area contributed by atoms with Gasteiger partial charge in [-0.25, -0.2) is 0 Å². The summed E-state index contributed by atoms with van der Waals surface area (Å²) < 4.78 is 0. The van der Waals surface area contributed by atoms with E-state index in [0.29, 0.717) is 6.42 Å². The molecule has 1 unspecified atom stereocenters. The van der Waals surface area contributed by atoms with Crippen molar-refractivity contribution in [2.45, 2.75) is 30.9 Å². The van der Waals surface area contributed by atoms with Crippen LogP contribution in [0.1, 0.15) is 25.7 Å². The lowest BCUT2D eigenvalue weighted by atomic mass is 10.2. The topological polar surface area (TPSA) is 27.0 Å². The van der Waals surface area contributed by atoms with E-state index < -0.39 is 0 Å². The molecule has 1 fully saturated rings. The average molecular weight is 198 g/mol. The van der Waals surface area contributed by atoms with Gasteiger partial charge in [0.15, 0.2) is 0 Å². The number of nitriles is 1. The zero-order chi connectivity index (χ0) is 9.52. The minimum atomic E-state index is 0.684. The number of thioether (sulfide) groups is 1. The third-order valence-corrected chi connectivity index (χ3v) is 3.78. The minimum Gasteiger partial charge on any atom is -0.302 e. The summed E-state index contributed by atoms with van der Waals surface area (Å²) in [5.41, 5.74) is 0. The Morgan fingerprint density at radius 2 is 2.31 bits per heavy atom. The summed E-state index contributed by atoms with van der Waals surface area (Å²) in [6, 6.07) is 2.21. The highest BCUT2D eigenvalue weighted by atomic mass is 32.2. The van der Waals surface area contributed by atoms with E-state index in [-0.39, 0.29) is 0 Å². The lowest BCUT2D eigenvalue weighted by Gasteiger charge is -2.17. The molecule has 3 heteroatoms. The van der Waals surface area contributed by atoms with E-state index in [0.717, 1.165) is 11.8 Å². The van der Waals surface area contributed by atoms with E-state index in [1.807, 2.05) is 11.8 Å². The van der Waals surface area contributed by atoms with Crippen LogP contribution in [0.25, 0.3) is 0 Å². The molecule has 0 radical (unpaired) electrons. The fourth-order valence-electron chi connectivity index (χ4n) is 1.79. The molecular weight excluding hydrogens is 180 g/mol. The second-order valence-electron chi connectivity index (χ2n) is 3.54.